The highest BCUT2D eigenvalue weighted by atomic mass is 32.2. The van der Waals surface area contributed by atoms with Crippen LogP contribution in [0.15, 0.2) is 77.7 Å². The lowest BCUT2D eigenvalue weighted by Crippen LogP contribution is -2.20. The highest BCUT2D eigenvalue weighted by Gasteiger charge is 2.15. The molecule has 3 N–H and O–H groups in total. The molecular weight excluding hydrogens is 440 g/mol. The van der Waals surface area contributed by atoms with Crippen LogP contribution in [-0.4, -0.2) is 30.1 Å². The average Bonchev–Trinajstić information content (AvgIpc) is 2.82. The number of hydrogen-bond acceptors (Lipinski definition) is 6. The summed E-state index contributed by atoms with van der Waals surface area (Å²) < 4.78 is 10.7. The van der Waals surface area contributed by atoms with Gasteiger partial charge in [-0.05, 0) is 48.9 Å². The average molecular weight is 465 g/mol. The number of carbonyl (C=O) groups excluding carboxylic acids is 3. The van der Waals surface area contributed by atoms with E-state index in [1.54, 1.807) is 48.5 Å². The van der Waals surface area contributed by atoms with Gasteiger partial charge < -0.3 is 20.5 Å². The molecule has 0 saturated carbocycles. The van der Waals surface area contributed by atoms with E-state index in [0.29, 0.717) is 21.8 Å². The van der Waals surface area contributed by atoms with Crippen LogP contribution in [0.2, 0.25) is 0 Å². The Morgan fingerprint density at radius 3 is 2.48 bits per heavy atom. The van der Waals surface area contributed by atoms with Gasteiger partial charge in [-0.15, -0.1) is 11.8 Å². The lowest BCUT2D eigenvalue weighted by Gasteiger charge is -2.11. The van der Waals surface area contributed by atoms with Crippen molar-refractivity contribution in [3.63, 3.8) is 0 Å². The molecule has 170 valence electrons. The lowest BCUT2D eigenvalue weighted by molar-refractivity contribution is -0.120. The molecule has 8 heteroatoms. The molecule has 0 atom stereocenters. The third kappa shape index (κ3) is 7.69. The number of amides is 2. The quantitative estimate of drug-likeness (QED) is 0.348. The number of rotatable bonds is 10. The third-order valence-electron chi connectivity index (χ3n) is 4.45. The van der Waals surface area contributed by atoms with Crippen LogP contribution in [0.4, 0.5) is 5.69 Å². The van der Waals surface area contributed by atoms with Crippen molar-refractivity contribution in [2.24, 2.45) is 5.73 Å². The Morgan fingerprint density at radius 1 is 0.970 bits per heavy atom. The number of carbonyl (C=O) groups is 3. The summed E-state index contributed by atoms with van der Waals surface area (Å²) >= 11 is 1.26. The standard InChI is InChI=1S/C25H24N2O5S/c1-17-9-11-19(12-10-17)27-24(29)16-33-22-8-3-2-7-21(22)25(30)32-14-18-5-4-6-20(13-18)31-15-23(26)28/h2-13H,14-16H2,1H3,(H2,26,28)(H,27,29). The molecule has 0 bridgehead atoms. The zero-order valence-corrected chi connectivity index (χ0v) is 18.9. The summed E-state index contributed by atoms with van der Waals surface area (Å²) in [4.78, 5) is 36.5. The van der Waals surface area contributed by atoms with Crippen molar-refractivity contribution in [2.45, 2.75) is 18.4 Å². The van der Waals surface area contributed by atoms with Gasteiger partial charge in [0.2, 0.25) is 5.91 Å². The maximum atomic E-state index is 12.7. The molecule has 0 heterocycles. The Labute approximate surface area is 196 Å². The van der Waals surface area contributed by atoms with Crippen molar-refractivity contribution in [2.75, 3.05) is 17.7 Å². The van der Waals surface area contributed by atoms with E-state index in [9.17, 15) is 14.4 Å². The summed E-state index contributed by atoms with van der Waals surface area (Å²) in [6, 6.07) is 21.4. The summed E-state index contributed by atoms with van der Waals surface area (Å²) in [7, 11) is 0. The summed E-state index contributed by atoms with van der Waals surface area (Å²) in [5.74, 6) is -0.635. The molecule has 0 unspecified atom stereocenters. The van der Waals surface area contributed by atoms with Gasteiger partial charge in [-0.25, -0.2) is 4.79 Å². The molecule has 3 aromatic carbocycles. The molecule has 0 aliphatic heterocycles. The van der Waals surface area contributed by atoms with E-state index >= 15 is 0 Å². The van der Waals surface area contributed by atoms with Crippen LogP contribution in [0, 0.1) is 6.92 Å². The number of benzene rings is 3. The van der Waals surface area contributed by atoms with Gasteiger partial charge in [0.05, 0.1) is 11.3 Å². The Bertz CT molecular complexity index is 1130. The molecule has 3 rings (SSSR count). The maximum absolute atomic E-state index is 12.7. The van der Waals surface area contributed by atoms with E-state index < -0.39 is 11.9 Å². The smallest absolute Gasteiger partial charge is 0.339 e. The minimum absolute atomic E-state index is 0.0273. The molecule has 0 aromatic heterocycles. The number of aryl methyl sites for hydroxylation is 1. The first-order valence-electron chi connectivity index (χ1n) is 10.2. The van der Waals surface area contributed by atoms with Gasteiger partial charge in [-0.1, -0.05) is 42.0 Å². The number of nitrogens with one attached hydrogen (secondary N) is 1. The first kappa shape index (κ1) is 23.9. The van der Waals surface area contributed by atoms with E-state index in [1.165, 1.54) is 11.8 Å². The second kappa shape index (κ2) is 11.7. The monoisotopic (exact) mass is 464 g/mol. The predicted molar refractivity (Wildman–Crippen MR) is 127 cm³/mol. The van der Waals surface area contributed by atoms with Crippen LogP contribution in [0.25, 0.3) is 0 Å². The van der Waals surface area contributed by atoms with E-state index in [0.717, 1.165) is 11.3 Å². The zero-order valence-electron chi connectivity index (χ0n) is 18.1. The number of anilines is 1. The van der Waals surface area contributed by atoms with Crippen LogP contribution >= 0.6 is 11.8 Å². The van der Waals surface area contributed by atoms with Crippen LogP contribution in [0.5, 0.6) is 5.75 Å². The fourth-order valence-corrected chi connectivity index (χ4v) is 3.68. The van der Waals surface area contributed by atoms with Gasteiger partial charge in [0.15, 0.2) is 6.61 Å². The van der Waals surface area contributed by atoms with Crippen LogP contribution < -0.4 is 15.8 Å². The molecular formula is C25H24N2O5S. The van der Waals surface area contributed by atoms with E-state index in [1.807, 2.05) is 31.2 Å². The normalized spacial score (nSPS) is 10.3. The summed E-state index contributed by atoms with van der Waals surface area (Å²) in [6.07, 6.45) is 0. The number of thioether (sulfide) groups is 1. The van der Waals surface area contributed by atoms with Crippen LogP contribution in [0.3, 0.4) is 0 Å². The topological polar surface area (TPSA) is 108 Å². The molecule has 0 spiro atoms. The fraction of sp³-hybridized carbons (Fsp3) is 0.160. The summed E-state index contributed by atoms with van der Waals surface area (Å²) in [6.45, 7) is 1.77. The van der Waals surface area contributed by atoms with Crippen LogP contribution in [-0.2, 0) is 20.9 Å². The second-order valence-corrected chi connectivity index (χ2v) is 8.19. The first-order valence-corrected chi connectivity index (χ1v) is 11.1. The summed E-state index contributed by atoms with van der Waals surface area (Å²) in [5, 5.41) is 2.84. The predicted octanol–water partition coefficient (Wildman–Crippen LogP) is 3.95. The SMILES string of the molecule is Cc1ccc(NC(=O)CSc2ccccc2C(=O)OCc2cccc(OCC(N)=O)c2)cc1. The fourth-order valence-electron chi connectivity index (χ4n) is 2.84. The van der Waals surface area contributed by atoms with Crippen molar-refractivity contribution in [3.05, 3.63) is 89.5 Å². The Morgan fingerprint density at radius 2 is 1.73 bits per heavy atom. The van der Waals surface area contributed by atoms with Crippen molar-refractivity contribution >= 4 is 35.2 Å². The number of esters is 1. The molecule has 0 radical (unpaired) electrons. The lowest BCUT2D eigenvalue weighted by atomic mass is 10.2. The first-order chi connectivity index (χ1) is 15.9. The molecule has 7 nitrogen and oxygen atoms in total. The summed E-state index contributed by atoms with van der Waals surface area (Å²) in [5.41, 5.74) is 8.00. The van der Waals surface area contributed by atoms with Gasteiger partial charge in [-0.3, -0.25) is 9.59 Å². The number of ether oxygens (including phenoxy) is 2. The third-order valence-corrected chi connectivity index (χ3v) is 5.52. The van der Waals surface area contributed by atoms with Crippen molar-refractivity contribution in [1.82, 2.24) is 0 Å². The van der Waals surface area contributed by atoms with Gasteiger partial charge in [-0.2, -0.15) is 0 Å². The number of hydrogen-bond donors (Lipinski definition) is 2. The van der Waals surface area contributed by atoms with Crippen molar-refractivity contribution in [3.8, 4) is 5.75 Å². The zero-order chi connectivity index (χ0) is 23.6. The molecule has 33 heavy (non-hydrogen) atoms. The minimum atomic E-state index is -0.575. The molecule has 0 aliphatic rings. The second-order valence-electron chi connectivity index (χ2n) is 7.18. The number of nitrogens with two attached hydrogens (primary N) is 1. The molecule has 0 fully saturated rings. The Balaban J connectivity index is 1.56. The van der Waals surface area contributed by atoms with E-state index in [2.05, 4.69) is 5.32 Å². The van der Waals surface area contributed by atoms with Gasteiger partial charge in [0.1, 0.15) is 12.4 Å². The maximum Gasteiger partial charge on any atom is 0.339 e. The van der Waals surface area contributed by atoms with Crippen molar-refractivity contribution in [1.29, 1.82) is 0 Å². The van der Waals surface area contributed by atoms with Gasteiger partial charge in [0, 0.05) is 10.6 Å². The molecule has 0 saturated heterocycles. The van der Waals surface area contributed by atoms with Gasteiger partial charge in [0.25, 0.3) is 5.91 Å². The Kier molecular flexibility index (Phi) is 8.49. The Hall–Kier alpha value is -3.78. The number of primary amides is 1. The molecule has 0 aliphatic carbocycles. The van der Waals surface area contributed by atoms with Crippen LogP contribution in [0.1, 0.15) is 21.5 Å². The molecule has 3 aromatic rings. The largest absolute Gasteiger partial charge is 0.484 e. The highest BCUT2D eigenvalue weighted by molar-refractivity contribution is 8.00. The van der Waals surface area contributed by atoms with Gasteiger partial charge >= 0.3 is 5.97 Å². The minimum Gasteiger partial charge on any atom is -0.484 e. The highest BCUT2D eigenvalue weighted by Crippen LogP contribution is 2.24. The van der Waals surface area contributed by atoms with E-state index in [-0.39, 0.29) is 24.9 Å². The molecule has 2 amide bonds. The van der Waals surface area contributed by atoms with E-state index in [4.69, 9.17) is 15.2 Å². The van der Waals surface area contributed by atoms with Crippen molar-refractivity contribution < 1.29 is 23.9 Å².